The number of aliphatic hydroxyl groups is 1. The molecule has 1 aliphatic rings. The van der Waals surface area contributed by atoms with Crippen molar-refractivity contribution in [3.63, 3.8) is 0 Å². The van der Waals surface area contributed by atoms with Crippen LogP contribution < -0.4 is 14.2 Å². The van der Waals surface area contributed by atoms with Crippen LogP contribution in [0.2, 0.25) is 0 Å². The van der Waals surface area contributed by atoms with E-state index in [9.17, 15) is 13.5 Å². The lowest BCUT2D eigenvalue weighted by Crippen LogP contribution is -2.28. The maximum atomic E-state index is 12.6. The van der Waals surface area contributed by atoms with Crippen molar-refractivity contribution in [2.24, 2.45) is 0 Å². The summed E-state index contributed by atoms with van der Waals surface area (Å²) in [6, 6.07) is 8.61. The van der Waals surface area contributed by atoms with Crippen LogP contribution in [0.1, 0.15) is 35.3 Å². The van der Waals surface area contributed by atoms with Crippen molar-refractivity contribution < 1.29 is 23.0 Å². The van der Waals surface area contributed by atoms with E-state index in [1.165, 1.54) is 0 Å². The normalized spacial score (nSPS) is 14.5. The number of fused-ring (bicyclic) bond motifs is 1. The van der Waals surface area contributed by atoms with Gasteiger partial charge in [0.05, 0.1) is 24.2 Å². The van der Waals surface area contributed by atoms with Crippen molar-refractivity contribution in [2.45, 2.75) is 38.2 Å². The molecule has 0 aliphatic carbocycles. The number of hydrogen-bond acceptors (Lipinski definition) is 5. The van der Waals surface area contributed by atoms with Crippen molar-refractivity contribution in [2.75, 3.05) is 19.8 Å². The molecule has 1 atom stereocenters. The van der Waals surface area contributed by atoms with Gasteiger partial charge in [-0.25, -0.2) is 13.1 Å². The zero-order valence-corrected chi connectivity index (χ0v) is 16.6. The lowest BCUT2D eigenvalue weighted by atomic mass is 10.0. The Labute approximate surface area is 160 Å². The highest BCUT2D eigenvalue weighted by molar-refractivity contribution is 7.89. The second-order valence-corrected chi connectivity index (χ2v) is 8.42. The summed E-state index contributed by atoms with van der Waals surface area (Å²) >= 11 is 0. The number of benzene rings is 2. The van der Waals surface area contributed by atoms with Crippen LogP contribution in [-0.4, -0.2) is 33.3 Å². The average Bonchev–Trinajstić information content (AvgIpc) is 3.10. The van der Waals surface area contributed by atoms with Gasteiger partial charge in [-0.2, -0.15) is 0 Å². The minimum Gasteiger partial charge on any atom is -0.493 e. The quantitative estimate of drug-likeness (QED) is 0.758. The topological polar surface area (TPSA) is 84.9 Å². The zero-order chi connectivity index (χ0) is 19.6. The average molecular weight is 391 g/mol. The zero-order valence-electron chi connectivity index (χ0n) is 15.8. The van der Waals surface area contributed by atoms with Crippen LogP contribution in [0, 0.1) is 13.8 Å². The van der Waals surface area contributed by atoms with Gasteiger partial charge in [-0.15, -0.1) is 0 Å². The van der Waals surface area contributed by atoms with Crippen molar-refractivity contribution in [3.8, 4) is 11.5 Å². The smallest absolute Gasteiger partial charge is 0.240 e. The lowest BCUT2D eigenvalue weighted by molar-refractivity contribution is 0.182. The fourth-order valence-corrected chi connectivity index (χ4v) is 4.45. The van der Waals surface area contributed by atoms with Crippen LogP contribution in [0.3, 0.4) is 0 Å². The number of nitrogens with one attached hydrogen (secondary N) is 1. The van der Waals surface area contributed by atoms with Crippen molar-refractivity contribution >= 4 is 10.0 Å². The molecule has 146 valence electrons. The molecule has 2 aromatic carbocycles. The van der Waals surface area contributed by atoms with E-state index in [-0.39, 0.29) is 11.4 Å². The first-order valence-corrected chi connectivity index (χ1v) is 10.5. The molecule has 27 heavy (non-hydrogen) atoms. The molecule has 0 amide bonds. The van der Waals surface area contributed by atoms with E-state index in [0.717, 1.165) is 28.9 Å². The van der Waals surface area contributed by atoms with Crippen LogP contribution in [0.5, 0.6) is 11.5 Å². The Morgan fingerprint density at radius 1 is 1.22 bits per heavy atom. The van der Waals surface area contributed by atoms with E-state index in [1.807, 2.05) is 32.9 Å². The standard InChI is InChI=1S/C20H25NO5S/c1-4-25-20-13(2)9-17(10-14(20)3)27(23,24)21-12-18(22)15-5-6-19-16(11-15)7-8-26-19/h5-6,9-11,18,21-22H,4,7-8,12H2,1-3H3. The molecule has 0 radical (unpaired) electrons. The van der Waals surface area contributed by atoms with E-state index in [2.05, 4.69) is 4.72 Å². The van der Waals surface area contributed by atoms with Gasteiger partial charge in [0.2, 0.25) is 10.0 Å². The van der Waals surface area contributed by atoms with Crippen molar-refractivity contribution in [3.05, 3.63) is 52.6 Å². The van der Waals surface area contributed by atoms with Gasteiger partial charge in [-0.1, -0.05) is 6.07 Å². The van der Waals surface area contributed by atoms with Crippen molar-refractivity contribution in [1.29, 1.82) is 0 Å². The monoisotopic (exact) mass is 391 g/mol. The summed E-state index contributed by atoms with van der Waals surface area (Å²) in [5.41, 5.74) is 3.22. The van der Waals surface area contributed by atoms with Gasteiger partial charge in [0.1, 0.15) is 11.5 Å². The number of rotatable bonds is 7. The molecule has 0 saturated carbocycles. The third-order valence-electron chi connectivity index (χ3n) is 4.60. The molecule has 6 nitrogen and oxygen atoms in total. The highest BCUT2D eigenvalue weighted by atomic mass is 32.2. The Bertz CT molecular complexity index is 916. The molecule has 0 saturated heterocycles. The van der Waals surface area contributed by atoms with Gasteiger partial charge in [-0.3, -0.25) is 0 Å². The van der Waals surface area contributed by atoms with E-state index in [1.54, 1.807) is 18.2 Å². The molecule has 1 heterocycles. The number of hydrogen-bond donors (Lipinski definition) is 2. The van der Waals surface area contributed by atoms with Crippen LogP contribution in [0.4, 0.5) is 0 Å². The lowest BCUT2D eigenvalue weighted by Gasteiger charge is -2.16. The van der Waals surface area contributed by atoms with Gasteiger partial charge in [0, 0.05) is 13.0 Å². The SMILES string of the molecule is CCOc1c(C)cc(S(=O)(=O)NCC(O)c2ccc3c(c2)CCO3)cc1C. The molecule has 0 spiro atoms. The van der Waals surface area contributed by atoms with Crippen LogP contribution >= 0.6 is 0 Å². The summed E-state index contributed by atoms with van der Waals surface area (Å²) in [7, 11) is -3.74. The fraction of sp³-hybridized carbons (Fsp3) is 0.400. The summed E-state index contributed by atoms with van der Waals surface area (Å²) in [6.45, 7) is 6.57. The largest absolute Gasteiger partial charge is 0.493 e. The molecule has 0 aromatic heterocycles. The number of aliphatic hydroxyl groups excluding tert-OH is 1. The molecule has 2 aromatic rings. The number of sulfonamides is 1. The predicted molar refractivity (Wildman–Crippen MR) is 103 cm³/mol. The maximum absolute atomic E-state index is 12.6. The summed E-state index contributed by atoms with van der Waals surface area (Å²) < 4.78 is 38.8. The molecular formula is C20H25NO5S. The minimum absolute atomic E-state index is 0.104. The Morgan fingerprint density at radius 2 is 1.93 bits per heavy atom. The first kappa shape index (κ1) is 19.7. The van der Waals surface area contributed by atoms with E-state index >= 15 is 0 Å². The Kier molecular flexibility index (Phi) is 5.74. The third-order valence-corrected chi connectivity index (χ3v) is 6.00. The maximum Gasteiger partial charge on any atom is 0.240 e. The van der Waals surface area contributed by atoms with Crippen molar-refractivity contribution in [1.82, 2.24) is 4.72 Å². The predicted octanol–water partition coefficient (Wildman–Crippen LogP) is 2.65. The number of aryl methyl sites for hydroxylation is 2. The van der Waals surface area contributed by atoms with E-state index in [0.29, 0.717) is 24.5 Å². The van der Waals surface area contributed by atoms with Gasteiger partial charge >= 0.3 is 0 Å². The Balaban J connectivity index is 1.73. The van der Waals surface area contributed by atoms with E-state index < -0.39 is 16.1 Å². The van der Waals surface area contributed by atoms with Gasteiger partial charge in [0.15, 0.2) is 0 Å². The molecule has 0 fully saturated rings. The summed E-state index contributed by atoms with van der Waals surface area (Å²) in [4.78, 5) is 0.163. The molecule has 1 unspecified atom stereocenters. The minimum atomic E-state index is -3.74. The Hall–Kier alpha value is -2.09. The fourth-order valence-electron chi connectivity index (χ4n) is 3.24. The second kappa shape index (κ2) is 7.88. The summed E-state index contributed by atoms with van der Waals surface area (Å²) in [5, 5.41) is 10.4. The summed E-state index contributed by atoms with van der Waals surface area (Å²) in [6.07, 6.45) is -0.137. The molecule has 2 N–H and O–H groups in total. The third kappa shape index (κ3) is 4.26. The Morgan fingerprint density at radius 3 is 2.59 bits per heavy atom. The molecule has 3 rings (SSSR count). The summed E-state index contributed by atoms with van der Waals surface area (Å²) in [5.74, 6) is 1.53. The molecular weight excluding hydrogens is 366 g/mol. The molecule has 1 aliphatic heterocycles. The highest BCUT2D eigenvalue weighted by Crippen LogP contribution is 2.29. The highest BCUT2D eigenvalue weighted by Gasteiger charge is 2.20. The van der Waals surface area contributed by atoms with Crippen LogP contribution in [0.25, 0.3) is 0 Å². The second-order valence-electron chi connectivity index (χ2n) is 6.65. The van der Waals surface area contributed by atoms with Gasteiger partial charge in [-0.05, 0) is 67.3 Å². The molecule has 7 heteroatoms. The van der Waals surface area contributed by atoms with Crippen LogP contribution in [0.15, 0.2) is 35.2 Å². The van der Waals surface area contributed by atoms with Gasteiger partial charge in [0.25, 0.3) is 0 Å². The molecule has 0 bridgehead atoms. The number of ether oxygens (including phenoxy) is 2. The van der Waals surface area contributed by atoms with Crippen LogP contribution in [-0.2, 0) is 16.4 Å². The first-order chi connectivity index (χ1) is 12.8. The van der Waals surface area contributed by atoms with E-state index in [4.69, 9.17) is 9.47 Å². The first-order valence-electron chi connectivity index (χ1n) is 8.99. The van der Waals surface area contributed by atoms with Gasteiger partial charge < -0.3 is 14.6 Å².